The molecule has 0 fully saturated rings. The summed E-state index contributed by atoms with van der Waals surface area (Å²) in [6.07, 6.45) is 8.17. The normalized spacial score (nSPS) is 8.65. The van der Waals surface area contributed by atoms with Gasteiger partial charge in [0.25, 0.3) is 0 Å². The molecule has 0 N–H and O–H groups in total. The molecule has 0 spiro atoms. The van der Waals surface area contributed by atoms with Crippen LogP contribution in [0.25, 0.3) is 0 Å². The Balaban J connectivity index is 0.000000450. The summed E-state index contributed by atoms with van der Waals surface area (Å²) in [6, 6.07) is 14.8. The zero-order valence-electron chi connectivity index (χ0n) is 16.6. The van der Waals surface area contributed by atoms with Gasteiger partial charge in [-0.15, -0.1) is 0 Å². The number of ether oxygens (including phenoxy) is 2. The second kappa shape index (κ2) is 17.1. The molecule has 31 heavy (non-hydrogen) atoms. The van der Waals surface area contributed by atoms with Crippen molar-refractivity contribution in [2.45, 2.75) is 22.6 Å². The fourth-order valence-electron chi connectivity index (χ4n) is 1.96. The second-order valence-corrected chi connectivity index (χ2v) is 6.49. The molecule has 0 aliphatic carbocycles. The summed E-state index contributed by atoms with van der Waals surface area (Å²) in [5, 5.41) is 0. The third-order valence-corrected chi connectivity index (χ3v) is 4.21. The number of pyridine rings is 2. The largest absolute Gasteiger partial charge is 2.00 e. The van der Waals surface area contributed by atoms with E-state index in [9.17, 15) is 0 Å². The number of rotatable bonds is 5. The monoisotopic (exact) mass is 627 g/mol. The molecule has 0 amide bonds. The molecule has 0 radical (unpaired) electrons. The van der Waals surface area contributed by atoms with Gasteiger partial charge in [-0.05, 0) is 24.3 Å². The van der Waals surface area contributed by atoms with Crippen LogP contribution in [0.1, 0.15) is 12.8 Å². The number of unbranched alkanes of at least 4 members (excludes halogenated alkanes) is 1. The predicted octanol–water partition coefficient (Wildman–Crippen LogP) is 4.22. The van der Waals surface area contributed by atoms with E-state index >= 15 is 0 Å². The Morgan fingerprint density at radius 1 is 0.645 bits per heavy atom. The van der Waals surface area contributed by atoms with E-state index in [1.807, 2.05) is 48.5 Å². The van der Waals surface area contributed by atoms with Gasteiger partial charge in [-0.2, -0.15) is 9.79 Å². The van der Waals surface area contributed by atoms with Crippen LogP contribution in [0.3, 0.4) is 0 Å². The third-order valence-electron chi connectivity index (χ3n) is 3.36. The van der Waals surface area contributed by atoms with Crippen molar-refractivity contribution in [1.82, 2.24) is 9.97 Å². The molecule has 0 atom stereocenters. The van der Waals surface area contributed by atoms with Gasteiger partial charge in [0.05, 0.1) is 12.4 Å². The topological polar surface area (TPSA) is 44.2 Å². The first-order chi connectivity index (χ1) is 14.8. The van der Waals surface area contributed by atoms with Crippen molar-refractivity contribution in [3.63, 3.8) is 0 Å². The molecular weight excluding hydrogens is 607 g/mol. The molecule has 2 aromatic heterocycles. The number of hydrogen-bond donors (Lipinski definition) is 0. The summed E-state index contributed by atoms with van der Waals surface area (Å²) < 4.78 is 10.8. The SMILES string of the molecule is C(#CCOc1cccnc1)CCC#CCOc1cccnc1.[Pt+2].[S-]c1ccccc1[S-]. The first kappa shape index (κ1) is 26.4. The average Bonchev–Trinajstić information content (AvgIpc) is 2.79. The Morgan fingerprint density at radius 2 is 1.10 bits per heavy atom. The predicted molar refractivity (Wildman–Crippen MR) is 122 cm³/mol. The Bertz CT molecular complexity index is 915. The summed E-state index contributed by atoms with van der Waals surface area (Å²) in [7, 11) is 0. The maximum absolute atomic E-state index is 5.40. The molecular formula is C24H20N2O2PtS2. The van der Waals surface area contributed by atoms with Crippen LogP contribution in [-0.4, -0.2) is 23.2 Å². The fraction of sp³-hybridized carbons (Fsp3) is 0.167. The summed E-state index contributed by atoms with van der Waals surface area (Å²) >= 11 is 9.70. The molecule has 0 unspecified atom stereocenters. The molecule has 3 rings (SSSR count). The van der Waals surface area contributed by atoms with Crippen molar-refractivity contribution in [3.8, 4) is 35.2 Å². The van der Waals surface area contributed by atoms with E-state index in [1.165, 1.54) is 0 Å². The maximum atomic E-state index is 5.40. The van der Waals surface area contributed by atoms with Gasteiger partial charge in [-0.1, -0.05) is 47.9 Å². The maximum Gasteiger partial charge on any atom is 2.00 e. The fourth-order valence-corrected chi connectivity index (χ4v) is 2.25. The minimum Gasteiger partial charge on any atom is -0.781 e. The Hall–Kier alpha value is -2.63. The van der Waals surface area contributed by atoms with Crippen molar-refractivity contribution >= 4 is 25.3 Å². The average molecular weight is 628 g/mol. The van der Waals surface area contributed by atoms with E-state index in [2.05, 4.69) is 33.6 Å². The molecule has 7 heteroatoms. The van der Waals surface area contributed by atoms with Crippen molar-refractivity contribution in [3.05, 3.63) is 73.3 Å². The van der Waals surface area contributed by atoms with Crippen LogP contribution in [-0.2, 0) is 46.3 Å². The Labute approximate surface area is 209 Å². The molecule has 0 saturated heterocycles. The Kier molecular flexibility index (Phi) is 14.6. The molecule has 160 valence electrons. The van der Waals surface area contributed by atoms with Gasteiger partial charge in [0.2, 0.25) is 0 Å². The van der Waals surface area contributed by atoms with E-state index in [1.54, 1.807) is 24.8 Å². The van der Waals surface area contributed by atoms with Gasteiger partial charge in [0.1, 0.15) is 24.7 Å². The summed E-state index contributed by atoms with van der Waals surface area (Å²) in [5.74, 6) is 13.4. The van der Waals surface area contributed by atoms with E-state index in [0.29, 0.717) is 13.2 Å². The van der Waals surface area contributed by atoms with Gasteiger partial charge >= 0.3 is 21.1 Å². The van der Waals surface area contributed by atoms with Gasteiger partial charge in [0.15, 0.2) is 0 Å². The number of benzene rings is 1. The van der Waals surface area contributed by atoms with E-state index in [4.69, 9.17) is 34.7 Å². The zero-order chi connectivity index (χ0) is 21.3. The number of hydrogen-bond acceptors (Lipinski definition) is 6. The van der Waals surface area contributed by atoms with E-state index in [0.717, 1.165) is 34.1 Å². The molecule has 3 aromatic rings. The van der Waals surface area contributed by atoms with Gasteiger partial charge < -0.3 is 34.7 Å². The van der Waals surface area contributed by atoms with Gasteiger partial charge in [-0.25, -0.2) is 0 Å². The molecule has 4 nitrogen and oxygen atoms in total. The molecule has 0 bridgehead atoms. The molecule has 1 aromatic carbocycles. The minimum absolute atomic E-state index is 0. The quantitative estimate of drug-likeness (QED) is 0.240. The minimum atomic E-state index is 0. The zero-order valence-corrected chi connectivity index (χ0v) is 20.5. The van der Waals surface area contributed by atoms with E-state index in [-0.39, 0.29) is 21.1 Å². The molecule has 0 aliphatic rings. The van der Waals surface area contributed by atoms with Crippen LogP contribution < -0.4 is 9.47 Å². The smallest absolute Gasteiger partial charge is 0.781 e. The molecule has 0 aliphatic heterocycles. The van der Waals surface area contributed by atoms with Crippen LogP contribution in [0.2, 0.25) is 0 Å². The van der Waals surface area contributed by atoms with Crippen LogP contribution >= 0.6 is 0 Å². The number of aromatic nitrogens is 2. The second-order valence-electron chi connectivity index (χ2n) is 5.61. The van der Waals surface area contributed by atoms with Crippen LogP contribution in [0.4, 0.5) is 0 Å². The van der Waals surface area contributed by atoms with Crippen LogP contribution in [0.15, 0.2) is 83.1 Å². The summed E-state index contributed by atoms with van der Waals surface area (Å²) in [4.78, 5) is 9.44. The van der Waals surface area contributed by atoms with Crippen molar-refractivity contribution in [2.24, 2.45) is 0 Å². The van der Waals surface area contributed by atoms with E-state index < -0.39 is 0 Å². The Morgan fingerprint density at radius 3 is 1.45 bits per heavy atom. The van der Waals surface area contributed by atoms with Crippen molar-refractivity contribution < 1.29 is 30.5 Å². The first-order valence-corrected chi connectivity index (χ1v) is 9.97. The van der Waals surface area contributed by atoms with Crippen LogP contribution in [0.5, 0.6) is 11.5 Å². The first-order valence-electron chi connectivity index (χ1n) is 9.16. The van der Waals surface area contributed by atoms with Gasteiger partial charge in [0, 0.05) is 25.2 Å². The summed E-state index contributed by atoms with van der Waals surface area (Å²) in [6.45, 7) is 0.729. The molecule has 0 saturated carbocycles. The van der Waals surface area contributed by atoms with Crippen molar-refractivity contribution in [2.75, 3.05) is 13.2 Å². The van der Waals surface area contributed by atoms with Crippen LogP contribution in [0, 0.1) is 23.7 Å². The molecule has 2 heterocycles. The van der Waals surface area contributed by atoms with Gasteiger partial charge in [-0.3, -0.25) is 9.97 Å². The standard InChI is InChI=1S/C18H16N2O2.C6H6S2.Pt/c1(3-5-13-21-17-9-7-11-19-15-17)2-4-6-14-22-18-10-8-12-20-16-18;7-5-3-1-2-4-6(5)8;/h7-12,15-16H,1-2,13-14H2;1-4,7-8H;/q;;+2/p-2. The third kappa shape index (κ3) is 12.6. The number of nitrogens with zero attached hydrogens (tertiary/aromatic N) is 2. The summed E-state index contributed by atoms with van der Waals surface area (Å²) in [5.41, 5.74) is 0. The van der Waals surface area contributed by atoms with Crippen molar-refractivity contribution in [1.29, 1.82) is 0 Å².